The maximum absolute atomic E-state index is 12.8. The number of benzene rings is 1. The van der Waals surface area contributed by atoms with Crippen molar-refractivity contribution in [3.8, 4) is 12.0 Å². The number of nitrogens with zero attached hydrogens (tertiary/aromatic N) is 2. The molecule has 0 spiro atoms. The molecule has 26 heavy (non-hydrogen) atoms. The minimum atomic E-state index is -0.368. The van der Waals surface area contributed by atoms with Crippen molar-refractivity contribution in [3.63, 3.8) is 0 Å². The van der Waals surface area contributed by atoms with Gasteiger partial charge in [-0.05, 0) is 50.2 Å². The summed E-state index contributed by atoms with van der Waals surface area (Å²) in [5.41, 5.74) is 3.19. The summed E-state index contributed by atoms with van der Waals surface area (Å²) in [5, 5.41) is 13.4. The number of anilines is 1. The molecule has 0 aliphatic heterocycles. The van der Waals surface area contributed by atoms with Gasteiger partial charge < -0.3 is 14.7 Å². The van der Waals surface area contributed by atoms with Crippen LogP contribution in [0.25, 0.3) is 16.8 Å². The molecule has 0 unspecified atom stereocenters. The summed E-state index contributed by atoms with van der Waals surface area (Å²) in [7, 11) is 0. The summed E-state index contributed by atoms with van der Waals surface area (Å²) in [6.45, 7) is 3.66. The number of nitrogens with one attached hydrogen (secondary N) is 2. The Labute approximate surface area is 149 Å². The highest BCUT2D eigenvalue weighted by Crippen LogP contribution is 2.27. The number of H-pyrrole nitrogens is 1. The largest absolute Gasteiger partial charge is 0.443 e. The summed E-state index contributed by atoms with van der Waals surface area (Å²) in [4.78, 5) is 16.0. The molecule has 4 rings (SSSR count). The Morgan fingerprint density at radius 1 is 1.23 bits per heavy atom. The molecule has 2 N–H and O–H groups in total. The maximum atomic E-state index is 12.8. The molecule has 3 aromatic heterocycles. The van der Waals surface area contributed by atoms with Crippen molar-refractivity contribution in [2.24, 2.45) is 0 Å². The molecule has 0 atom stereocenters. The molecule has 1 aromatic carbocycles. The van der Waals surface area contributed by atoms with E-state index in [0.717, 1.165) is 16.6 Å². The smallest absolute Gasteiger partial charge is 0.260 e. The van der Waals surface area contributed by atoms with Gasteiger partial charge in [-0.15, -0.1) is 0 Å². The standard InChI is InChI=1S/C20H16N4O2/c1-12-9-14-10-15(5-6-17(14)22-12)23-19(25)18-13(2)26-20(16(18)11-21)24-7-3-4-8-24/h3-10,22H,1-2H3,(H,23,25). The number of furan rings is 1. The topological polar surface area (TPSA) is 86.8 Å². The van der Waals surface area contributed by atoms with Gasteiger partial charge in [0.15, 0.2) is 0 Å². The molecule has 0 aliphatic rings. The molecule has 4 aromatic rings. The van der Waals surface area contributed by atoms with Crippen LogP contribution in [0, 0.1) is 25.2 Å². The number of carbonyl (C=O) groups is 1. The van der Waals surface area contributed by atoms with Crippen LogP contribution in [-0.2, 0) is 0 Å². The van der Waals surface area contributed by atoms with Crippen LogP contribution in [0.5, 0.6) is 0 Å². The Bertz CT molecular complexity index is 1160. The SMILES string of the molecule is Cc1cc2cc(NC(=O)c3c(C)oc(-n4cccc4)c3C#N)ccc2[nH]1. The van der Waals surface area contributed by atoms with Crippen molar-refractivity contribution in [2.45, 2.75) is 13.8 Å². The van der Waals surface area contributed by atoms with Gasteiger partial charge in [0.05, 0.1) is 0 Å². The lowest BCUT2D eigenvalue weighted by molar-refractivity contribution is 0.102. The zero-order valence-electron chi connectivity index (χ0n) is 14.3. The number of nitriles is 1. The quantitative estimate of drug-likeness (QED) is 0.581. The molecular formula is C20H16N4O2. The lowest BCUT2D eigenvalue weighted by atomic mass is 10.1. The zero-order chi connectivity index (χ0) is 18.3. The Morgan fingerprint density at radius 3 is 2.73 bits per heavy atom. The Morgan fingerprint density at radius 2 is 2.00 bits per heavy atom. The number of hydrogen-bond donors (Lipinski definition) is 2. The van der Waals surface area contributed by atoms with Crippen LogP contribution in [0.15, 0.2) is 53.2 Å². The molecule has 1 amide bonds. The van der Waals surface area contributed by atoms with E-state index < -0.39 is 0 Å². The third-order valence-electron chi connectivity index (χ3n) is 4.26. The minimum absolute atomic E-state index is 0.217. The van der Waals surface area contributed by atoms with E-state index in [2.05, 4.69) is 16.4 Å². The number of carbonyl (C=O) groups excluding carboxylic acids is 1. The van der Waals surface area contributed by atoms with Crippen LogP contribution in [-0.4, -0.2) is 15.5 Å². The van der Waals surface area contributed by atoms with Crippen molar-refractivity contribution in [1.29, 1.82) is 5.26 Å². The van der Waals surface area contributed by atoms with Gasteiger partial charge in [0.2, 0.25) is 5.88 Å². The van der Waals surface area contributed by atoms with Gasteiger partial charge in [0, 0.05) is 34.7 Å². The molecule has 6 nitrogen and oxygen atoms in total. The molecule has 0 bridgehead atoms. The Hall–Kier alpha value is -3.72. The van der Waals surface area contributed by atoms with E-state index in [-0.39, 0.29) is 17.0 Å². The van der Waals surface area contributed by atoms with Gasteiger partial charge in [0.25, 0.3) is 5.91 Å². The molecule has 0 saturated heterocycles. The monoisotopic (exact) mass is 344 g/mol. The molecule has 3 heterocycles. The average molecular weight is 344 g/mol. The fourth-order valence-corrected chi connectivity index (χ4v) is 3.11. The molecule has 0 saturated carbocycles. The third-order valence-corrected chi connectivity index (χ3v) is 4.26. The highest BCUT2D eigenvalue weighted by molar-refractivity contribution is 6.08. The first-order valence-electron chi connectivity index (χ1n) is 8.14. The second kappa shape index (κ2) is 5.97. The first kappa shape index (κ1) is 15.8. The lowest BCUT2D eigenvalue weighted by Crippen LogP contribution is -2.13. The number of aromatic amines is 1. The lowest BCUT2D eigenvalue weighted by Gasteiger charge is -2.05. The Kier molecular flexibility index (Phi) is 3.63. The van der Waals surface area contributed by atoms with Crippen molar-refractivity contribution in [1.82, 2.24) is 9.55 Å². The van der Waals surface area contributed by atoms with Crippen LogP contribution >= 0.6 is 0 Å². The van der Waals surface area contributed by atoms with E-state index in [1.807, 2.05) is 43.3 Å². The van der Waals surface area contributed by atoms with Crippen LogP contribution in [0.1, 0.15) is 27.4 Å². The number of aromatic nitrogens is 2. The number of hydrogen-bond acceptors (Lipinski definition) is 3. The van der Waals surface area contributed by atoms with Gasteiger partial charge >= 0.3 is 0 Å². The number of aryl methyl sites for hydroxylation is 2. The van der Waals surface area contributed by atoms with Crippen LogP contribution in [0.2, 0.25) is 0 Å². The zero-order valence-corrected chi connectivity index (χ0v) is 14.3. The van der Waals surface area contributed by atoms with Crippen molar-refractivity contribution < 1.29 is 9.21 Å². The summed E-state index contributed by atoms with van der Waals surface area (Å²) in [6.07, 6.45) is 3.53. The van der Waals surface area contributed by atoms with E-state index in [9.17, 15) is 10.1 Å². The second-order valence-corrected chi connectivity index (χ2v) is 6.12. The predicted octanol–water partition coefficient (Wildman–Crippen LogP) is 4.29. The number of amides is 1. The van der Waals surface area contributed by atoms with Gasteiger partial charge in [-0.2, -0.15) is 5.26 Å². The molecule has 128 valence electrons. The van der Waals surface area contributed by atoms with Gasteiger partial charge in [-0.3, -0.25) is 9.36 Å². The molecule has 6 heteroatoms. The molecule has 0 fully saturated rings. The van der Waals surface area contributed by atoms with Crippen molar-refractivity contribution >= 4 is 22.5 Å². The van der Waals surface area contributed by atoms with Gasteiger partial charge in [0.1, 0.15) is 23.0 Å². The first-order chi connectivity index (χ1) is 12.6. The highest BCUT2D eigenvalue weighted by Gasteiger charge is 2.24. The Balaban J connectivity index is 1.70. The maximum Gasteiger partial charge on any atom is 0.260 e. The van der Waals surface area contributed by atoms with E-state index >= 15 is 0 Å². The third kappa shape index (κ3) is 2.56. The summed E-state index contributed by atoms with van der Waals surface area (Å²) >= 11 is 0. The van der Waals surface area contributed by atoms with Crippen LogP contribution in [0.3, 0.4) is 0 Å². The molecule has 0 aliphatic carbocycles. The summed E-state index contributed by atoms with van der Waals surface area (Å²) in [6, 6.07) is 13.4. The van der Waals surface area contributed by atoms with E-state index in [1.54, 1.807) is 23.9 Å². The highest BCUT2D eigenvalue weighted by atomic mass is 16.4. The van der Waals surface area contributed by atoms with E-state index in [4.69, 9.17) is 4.42 Å². The molecule has 0 radical (unpaired) electrons. The summed E-state index contributed by atoms with van der Waals surface area (Å²) in [5.74, 6) is 0.381. The van der Waals surface area contributed by atoms with Gasteiger partial charge in [-0.25, -0.2) is 0 Å². The fraction of sp³-hybridized carbons (Fsp3) is 0.100. The summed E-state index contributed by atoms with van der Waals surface area (Å²) < 4.78 is 7.37. The van der Waals surface area contributed by atoms with Crippen LogP contribution < -0.4 is 5.32 Å². The van der Waals surface area contributed by atoms with E-state index in [1.165, 1.54) is 0 Å². The average Bonchev–Trinajstić information content (AvgIpc) is 3.31. The normalized spacial score (nSPS) is 10.8. The predicted molar refractivity (Wildman–Crippen MR) is 98.5 cm³/mol. The minimum Gasteiger partial charge on any atom is -0.443 e. The molecular weight excluding hydrogens is 328 g/mol. The first-order valence-corrected chi connectivity index (χ1v) is 8.14. The number of fused-ring (bicyclic) bond motifs is 1. The van der Waals surface area contributed by atoms with E-state index in [0.29, 0.717) is 17.3 Å². The van der Waals surface area contributed by atoms with Gasteiger partial charge in [-0.1, -0.05) is 0 Å². The van der Waals surface area contributed by atoms with Crippen molar-refractivity contribution in [2.75, 3.05) is 5.32 Å². The van der Waals surface area contributed by atoms with Crippen molar-refractivity contribution in [3.05, 3.63) is 71.4 Å². The fourth-order valence-electron chi connectivity index (χ4n) is 3.11. The number of rotatable bonds is 3. The second-order valence-electron chi connectivity index (χ2n) is 6.12. The van der Waals surface area contributed by atoms with Crippen LogP contribution in [0.4, 0.5) is 5.69 Å².